The van der Waals surface area contributed by atoms with Crippen molar-refractivity contribution in [1.82, 2.24) is 39.7 Å². The maximum absolute atomic E-state index is 14.8. The van der Waals surface area contributed by atoms with E-state index in [0.717, 1.165) is 14.5 Å². The second-order valence-electron chi connectivity index (χ2n) is 13.1. The molecule has 0 amide bonds. The van der Waals surface area contributed by atoms with Crippen LogP contribution in [0.3, 0.4) is 0 Å². The van der Waals surface area contributed by atoms with Gasteiger partial charge in [0.1, 0.15) is 11.9 Å². The molecule has 0 aliphatic carbocycles. The summed E-state index contributed by atoms with van der Waals surface area (Å²) in [6.45, 7) is 0. The number of hydrogen-bond donors (Lipinski definition) is 2. The van der Waals surface area contributed by atoms with Crippen molar-refractivity contribution in [3.8, 4) is 51.6 Å². The van der Waals surface area contributed by atoms with Crippen LogP contribution < -0.4 is 10.0 Å². The molecular formula is C40H26ClF6N10O3+. The first-order valence-electron chi connectivity index (χ1n) is 17.5. The number of aryl methyl sites for hydroxylation is 1. The average molecular weight is 844 g/mol. The third-order valence-corrected chi connectivity index (χ3v) is 9.48. The molecule has 302 valence electrons. The first-order chi connectivity index (χ1) is 28.6. The van der Waals surface area contributed by atoms with Gasteiger partial charge in [-0.1, -0.05) is 65.8 Å². The van der Waals surface area contributed by atoms with Crippen LogP contribution in [0.25, 0.3) is 62.3 Å². The molecule has 20 heteroatoms. The number of carbonyl (C=O) groups is 1. The Morgan fingerprint density at radius 2 is 1.52 bits per heavy atom. The van der Waals surface area contributed by atoms with E-state index < -0.39 is 35.5 Å². The summed E-state index contributed by atoms with van der Waals surface area (Å²) in [5, 5.41) is 13.7. The molecule has 0 aliphatic rings. The Morgan fingerprint density at radius 1 is 0.833 bits per heavy atom. The number of imidazole rings is 2. The van der Waals surface area contributed by atoms with Crippen LogP contribution in [0.2, 0.25) is 5.28 Å². The molecule has 8 rings (SSSR count). The van der Waals surface area contributed by atoms with E-state index in [2.05, 4.69) is 30.6 Å². The lowest BCUT2D eigenvalue weighted by Gasteiger charge is -2.12. The van der Waals surface area contributed by atoms with E-state index in [-0.39, 0.29) is 62.4 Å². The molecule has 0 radical (unpaired) electrons. The van der Waals surface area contributed by atoms with Crippen LogP contribution in [0.4, 0.5) is 26.3 Å². The Bertz CT molecular complexity index is 2930. The van der Waals surface area contributed by atoms with Crippen molar-refractivity contribution >= 4 is 34.2 Å². The van der Waals surface area contributed by atoms with E-state index in [4.69, 9.17) is 26.4 Å². The Labute approximate surface area is 339 Å². The Hall–Kier alpha value is -7.41. The van der Waals surface area contributed by atoms with Gasteiger partial charge in [0.05, 0.1) is 19.7 Å². The smallest absolute Gasteiger partial charge is 0.336 e. The van der Waals surface area contributed by atoms with E-state index in [0.29, 0.717) is 21.7 Å². The highest BCUT2D eigenvalue weighted by atomic mass is 35.5. The number of benzene rings is 4. The number of carbonyl (C=O) groups excluding carboxylic acids is 1. The summed E-state index contributed by atoms with van der Waals surface area (Å²) >= 11 is 5.86. The first-order valence-corrected chi connectivity index (χ1v) is 17.9. The molecule has 60 heavy (non-hydrogen) atoms. The normalized spacial score (nSPS) is 11.9. The number of nitrogens with one attached hydrogen (secondary N) is 2. The van der Waals surface area contributed by atoms with Crippen LogP contribution in [0.1, 0.15) is 27.3 Å². The summed E-state index contributed by atoms with van der Waals surface area (Å²) in [5.74, 6) is -2.49. The van der Waals surface area contributed by atoms with Gasteiger partial charge < -0.3 is 9.36 Å². The molecule has 2 N–H and O–H groups in total. The molecule has 0 saturated heterocycles. The van der Waals surface area contributed by atoms with Gasteiger partial charge >= 0.3 is 18.3 Å². The number of nitrogens with zero attached hydrogens (tertiary/aromatic N) is 8. The lowest BCUT2D eigenvalue weighted by Crippen LogP contribution is -2.43. The zero-order chi connectivity index (χ0) is 42.5. The summed E-state index contributed by atoms with van der Waals surface area (Å²) in [4.78, 5) is 33.9. The molecular weight excluding hydrogens is 818 g/mol. The largest absolute Gasteiger partial charge is 0.449 e. The highest BCUT2D eigenvalue weighted by Crippen LogP contribution is 2.38. The first kappa shape index (κ1) is 39.4. The second kappa shape index (κ2) is 15.1. The van der Waals surface area contributed by atoms with Gasteiger partial charge in [0, 0.05) is 28.5 Å². The number of hydroxylamine groups is 1. The molecule has 13 nitrogen and oxygen atoms in total. The fraction of sp³-hybridized carbons (Fsp3) is 0.100. The Balaban J connectivity index is 1.12. The van der Waals surface area contributed by atoms with Crippen LogP contribution in [-0.4, -0.2) is 46.0 Å². The molecule has 8 aromatic rings. The van der Waals surface area contributed by atoms with Crippen LogP contribution in [-0.2, 0) is 31.3 Å². The van der Waals surface area contributed by atoms with Gasteiger partial charge in [0.15, 0.2) is 11.7 Å². The molecule has 4 aromatic heterocycles. The zero-order valence-corrected chi connectivity index (χ0v) is 31.6. The summed E-state index contributed by atoms with van der Waals surface area (Å²) in [6.07, 6.45) is -8.24. The maximum atomic E-state index is 14.8. The number of fused-ring (bicyclic) bond motifs is 1. The lowest BCUT2D eigenvalue weighted by atomic mass is 10.1. The summed E-state index contributed by atoms with van der Waals surface area (Å²) in [6, 6.07) is 24.9. The molecule has 0 aliphatic heterocycles. The standard InChI is InChI=1S/C40H26ClF6N10O3/c1-55-20-29(39(42,43)44)57(35(55)25-16-12-23(13-17-25)32-52-34(59-54-32)28-18-19-49-38(41)50-28)36-30(40(45,46)47)51-33(56(36)2)24-14-10-22(11-15-24)31(48)53-60-37(58)27-9-5-7-21-6-3-4-8-26(21)27/h3-20H,1-2H3,(H2,48,53)/q+1. The topological polar surface area (TPSA) is 154 Å². The van der Waals surface area contributed by atoms with E-state index in [1.165, 1.54) is 74.9 Å². The van der Waals surface area contributed by atoms with Crippen molar-refractivity contribution in [2.45, 2.75) is 12.4 Å². The van der Waals surface area contributed by atoms with Gasteiger partial charge in [-0.15, -0.1) is 0 Å². The van der Waals surface area contributed by atoms with Crippen molar-refractivity contribution in [3.63, 3.8) is 0 Å². The zero-order valence-electron chi connectivity index (χ0n) is 30.8. The summed E-state index contributed by atoms with van der Waals surface area (Å²) < 4.78 is 96.5. The van der Waals surface area contributed by atoms with Crippen molar-refractivity contribution in [2.24, 2.45) is 14.1 Å². The minimum absolute atomic E-state index is 0.0167. The van der Waals surface area contributed by atoms with Crippen molar-refractivity contribution in [3.05, 3.63) is 137 Å². The van der Waals surface area contributed by atoms with Gasteiger partial charge in [0.25, 0.3) is 11.7 Å². The number of halogens is 7. The van der Waals surface area contributed by atoms with Crippen LogP contribution in [0, 0.1) is 5.41 Å². The van der Waals surface area contributed by atoms with E-state index in [1.54, 1.807) is 24.3 Å². The third kappa shape index (κ3) is 7.41. The van der Waals surface area contributed by atoms with Gasteiger partial charge in [-0.2, -0.15) is 41.4 Å². The maximum Gasteiger partial charge on any atom is 0.449 e. The average Bonchev–Trinajstić information content (AvgIpc) is 3.95. The fourth-order valence-corrected chi connectivity index (χ4v) is 6.73. The third-order valence-electron chi connectivity index (χ3n) is 9.30. The van der Waals surface area contributed by atoms with Crippen molar-refractivity contribution in [1.29, 1.82) is 5.41 Å². The molecule has 0 saturated carbocycles. The van der Waals surface area contributed by atoms with Gasteiger partial charge in [-0.05, 0) is 58.8 Å². The van der Waals surface area contributed by atoms with Gasteiger partial charge in [-0.3, -0.25) is 9.98 Å². The van der Waals surface area contributed by atoms with Gasteiger partial charge in [-0.25, -0.2) is 24.3 Å². The molecule has 0 unspecified atom stereocenters. The number of alkyl halides is 6. The van der Waals surface area contributed by atoms with E-state index in [9.17, 15) is 31.1 Å². The van der Waals surface area contributed by atoms with Crippen LogP contribution in [0.15, 0.2) is 114 Å². The minimum Gasteiger partial charge on any atom is -0.336 e. The molecule has 0 bridgehead atoms. The van der Waals surface area contributed by atoms with E-state index in [1.807, 2.05) is 18.2 Å². The molecule has 0 spiro atoms. The van der Waals surface area contributed by atoms with Crippen molar-refractivity contribution in [2.75, 3.05) is 0 Å². The highest BCUT2D eigenvalue weighted by Gasteiger charge is 2.48. The summed E-state index contributed by atoms with van der Waals surface area (Å²) in [7, 11) is 2.45. The van der Waals surface area contributed by atoms with Crippen LogP contribution >= 0.6 is 11.6 Å². The molecule has 4 heterocycles. The predicted octanol–water partition coefficient (Wildman–Crippen LogP) is 8.41. The summed E-state index contributed by atoms with van der Waals surface area (Å²) in [5.41, 5.74) is 0.540. The molecule has 0 fully saturated rings. The van der Waals surface area contributed by atoms with Crippen molar-refractivity contribution < 1.29 is 45.1 Å². The Kier molecular flexibility index (Phi) is 9.90. The number of hydrogen-bond acceptors (Lipinski definition) is 9. The lowest BCUT2D eigenvalue weighted by molar-refractivity contribution is -0.614. The minimum atomic E-state index is -5.21. The monoisotopic (exact) mass is 843 g/mol. The highest BCUT2D eigenvalue weighted by molar-refractivity contribution is 6.28. The SMILES string of the molecule is Cn1cc(C(F)(F)F)[n+](-c2c(C(F)(F)F)nc(-c3ccc(C(=N)NOC(=O)c4cccc5ccccc45)cc3)n2C)c1-c1ccc(-c2noc(-c3ccnc(Cl)n3)n2)cc1. The quantitative estimate of drug-likeness (QED) is 0.0402. The number of rotatable bonds is 7. The van der Waals surface area contributed by atoms with Gasteiger partial charge in [0.2, 0.25) is 28.3 Å². The molecule has 0 atom stereocenters. The fourth-order valence-electron chi connectivity index (χ4n) is 6.58. The molecule has 4 aromatic carbocycles. The number of amidine groups is 1. The van der Waals surface area contributed by atoms with Crippen LogP contribution in [0.5, 0.6) is 0 Å². The predicted molar refractivity (Wildman–Crippen MR) is 203 cm³/mol. The van der Waals surface area contributed by atoms with E-state index >= 15 is 0 Å². The second-order valence-corrected chi connectivity index (χ2v) is 13.5. The Morgan fingerprint density at radius 3 is 2.22 bits per heavy atom. The number of aromatic nitrogens is 8.